The van der Waals surface area contributed by atoms with Gasteiger partial charge in [-0.15, -0.1) is 0 Å². The van der Waals surface area contributed by atoms with Crippen LogP contribution in [0.4, 0.5) is 9.18 Å². The van der Waals surface area contributed by atoms with Gasteiger partial charge in [-0.05, 0) is 43.5 Å². The van der Waals surface area contributed by atoms with Gasteiger partial charge in [-0.2, -0.15) is 0 Å². The molecule has 1 fully saturated rings. The van der Waals surface area contributed by atoms with Crippen molar-refractivity contribution in [3.8, 4) is 11.3 Å². The van der Waals surface area contributed by atoms with Gasteiger partial charge < -0.3 is 9.80 Å². The van der Waals surface area contributed by atoms with Gasteiger partial charge in [0, 0.05) is 49.4 Å². The standard InChI is InChI=1S/C19H21FN4O/c20-15-5-3-14(4-6-15)18-16-7-11-24(12-8-17(16)21-13-22-18)19(25)23-9-1-2-10-23/h3-6,13H,1-2,7-12H2. The number of rotatable bonds is 1. The summed E-state index contributed by atoms with van der Waals surface area (Å²) in [6.45, 7) is 3.08. The molecule has 0 spiro atoms. The van der Waals surface area contributed by atoms with Gasteiger partial charge in [0.1, 0.15) is 12.1 Å². The molecule has 1 aromatic carbocycles. The minimum Gasteiger partial charge on any atom is -0.325 e. The molecule has 0 unspecified atom stereocenters. The van der Waals surface area contributed by atoms with Crippen molar-refractivity contribution in [2.75, 3.05) is 26.2 Å². The maximum atomic E-state index is 13.2. The van der Waals surface area contributed by atoms with E-state index in [4.69, 9.17) is 0 Å². The quantitative estimate of drug-likeness (QED) is 0.802. The first-order valence-electron chi connectivity index (χ1n) is 8.85. The summed E-state index contributed by atoms with van der Waals surface area (Å²) < 4.78 is 13.2. The molecule has 6 heteroatoms. The zero-order valence-corrected chi connectivity index (χ0v) is 14.1. The summed E-state index contributed by atoms with van der Waals surface area (Å²) in [4.78, 5) is 25.4. The number of hydrogen-bond acceptors (Lipinski definition) is 3. The highest BCUT2D eigenvalue weighted by Crippen LogP contribution is 2.26. The number of nitrogens with zero attached hydrogens (tertiary/aromatic N) is 4. The molecule has 130 valence electrons. The first-order chi connectivity index (χ1) is 12.2. The summed E-state index contributed by atoms with van der Waals surface area (Å²) >= 11 is 0. The lowest BCUT2D eigenvalue weighted by Crippen LogP contribution is -2.42. The average Bonchev–Trinajstić information content (AvgIpc) is 3.08. The van der Waals surface area contributed by atoms with Crippen LogP contribution in [0, 0.1) is 5.82 Å². The van der Waals surface area contributed by atoms with E-state index in [0.29, 0.717) is 13.1 Å². The SMILES string of the molecule is O=C(N1CCCC1)N1CCc2ncnc(-c3ccc(F)cc3)c2CC1. The van der Waals surface area contributed by atoms with E-state index >= 15 is 0 Å². The van der Waals surface area contributed by atoms with Crippen molar-refractivity contribution in [2.24, 2.45) is 0 Å². The Morgan fingerprint density at radius 1 is 0.920 bits per heavy atom. The fourth-order valence-electron chi connectivity index (χ4n) is 3.68. The van der Waals surface area contributed by atoms with Gasteiger partial charge in [0.05, 0.1) is 5.69 Å². The summed E-state index contributed by atoms with van der Waals surface area (Å²) in [5, 5.41) is 0. The lowest BCUT2D eigenvalue weighted by molar-refractivity contribution is 0.164. The molecule has 5 nitrogen and oxygen atoms in total. The van der Waals surface area contributed by atoms with Crippen LogP contribution in [0.2, 0.25) is 0 Å². The molecule has 1 aromatic heterocycles. The number of hydrogen-bond donors (Lipinski definition) is 0. The highest BCUT2D eigenvalue weighted by atomic mass is 19.1. The Labute approximate surface area is 146 Å². The van der Waals surface area contributed by atoms with Crippen LogP contribution in [0.3, 0.4) is 0 Å². The molecule has 0 bridgehead atoms. The Bertz CT molecular complexity index is 771. The molecule has 25 heavy (non-hydrogen) atoms. The van der Waals surface area contributed by atoms with Gasteiger partial charge in [0.25, 0.3) is 0 Å². The predicted molar refractivity (Wildman–Crippen MR) is 92.6 cm³/mol. The van der Waals surface area contributed by atoms with Crippen LogP contribution >= 0.6 is 0 Å². The number of urea groups is 1. The number of likely N-dealkylation sites (tertiary alicyclic amines) is 1. The number of halogens is 1. The van der Waals surface area contributed by atoms with Gasteiger partial charge in [0.2, 0.25) is 0 Å². The molecule has 2 aliphatic heterocycles. The second-order valence-electron chi connectivity index (χ2n) is 6.62. The largest absolute Gasteiger partial charge is 0.325 e. The number of fused-ring (bicyclic) bond motifs is 1. The van der Waals surface area contributed by atoms with E-state index in [9.17, 15) is 9.18 Å². The number of amides is 2. The molecule has 1 saturated heterocycles. The average molecular weight is 340 g/mol. The second-order valence-corrected chi connectivity index (χ2v) is 6.62. The Morgan fingerprint density at radius 2 is 1.60 bits per heavy atom. The van der Waals surface area contributed by atoms with Gasteiger partial charge in [-0.1, -0.05) is 0 Å². The van der Waals surface area contributed by atoms with E-state index in [2.05, 4.69) is 9.97 Å². The van der Waals surface area contributed by atoms with Crippen molar-refractivity contribution in [3.63, 3.8) is 0 Å². The number of carbonyl (C=O) groups is 1. The normalized spacial score (nSPS) is 17.3. The molecular formula is C19H21FN4O. The molecule has 2 aliphatic rings. The highest BCUT2D eigenvalue weighted by molar-refractivity contribution is 5.75. The molecule has 2 aromatic rings. The van der Waals surface area contributed by atoms with Crippen molar-refractivity contribution >= 4 is 6.03 Å². The monoisotopic (exact) mass is 340 g/mol. The smallest absolute Gasteiger partial charge is 0.320 e. The third kappa shape index (κ3) is 3.21. The first kappa shape index (κ1) is 16.0. The van der Waals surface area contributed by atoms with E-state index in [1.165, 1.54) is 12.1 Å². The lowest BCUT2D eigenvalue weighted by atomic mass is 10.0. The third-order valence-corrected chi connectivity index (χ3v) is 5.05. The van der Waals surface area contributed by atoms with Crippen molar-refractivity contribution in [1.29, 1.82) is 0 Å². The van der Waals surface area contributed by atoms with Crippen LogP contribution in [0.15, 0.2) is 30.6 Å². The van der Waals surface area contributed by atoms with Crippen molar-refractivity contribution in [3.05, 3.63) is 47.7 Å². The maximum Gasteiger partial charge on any atom is 0.320 e. The summed E-state index contributed by atoms with van der Waals surface area (Å²) in [7, 11) is 0. The Hall–Kier alpha value is -2.50. The van der Waals surface area contributed by atoms with E-state index in [1.54, 1.807) is 18.5 Å². The van der Waals surface area contributed by atoms with Gasteiger partial charge in [-0.3, -0.25) is 0 Å². The van der Waals surface area contributed by atoms with Gasteiger partial charge in [-0.25, -0.2) is 19.2 Å². The zero-order valence-electron chi connectivity index (χ0n) is 14.1. The summed E-state index contributed by atoms with van der Waals surface area (Å²) in [6.07, 6.45) is 5.21. The first-order valence-corrected chi connectivity index (χ1v) is 8.85. The fraction of sp³-hybridized carbons (Fsp3) is 0.421. The predicted octanol–water partition coefficient (Wildman–Crippen LogP) is 2.90. The summed E-state index contributed by atoms with van der Waals surface area (Å²) in [5.74, 6) is -0.258. The number of carbonyl (C=O) groups excluding carboxylic acids is 1. The Balaban J connectivity index is 1.58. The van der Waals surface area contributed by atoms with E-state index in [1.807, 2.05) is 9.80 Å². The molecule has 0 saturated carbocycles. The van der Waals surface area contributed by atoms with Crippen LogP contribution < -0.4 is 0 Å². The summed E-state index contributed by atoms with van der Waals surface area (Å²) in [6, 6.07) is 6.53. The highest BCUT2D eigenvalue weighted by Gasteiger charge is 2.26. The molecule has 0 aliphatic carbocycles. The fourth-order valence-corrected chi connectivity index (χ4v) is 3.68. The molecule has 0 radical (unpaired) electrons. The molecule has 3 heterocycles. The topological polar surface area (TPSA) is 49.3 Å². The van der Waals surface area contributed by atoms with Crippen molar-refractivity contribution in [1.82, 2.24) is 19.8 Å². The number of benzene rings is 1. The Morgan fingerprint density at radius 3 is 2.36 bits per heavy atom. The molecule has 0 atom stereocenters. The van der Waals surface area contributed by atoms with E-state index in [-0.39, 0.29) is 11.8 Å². The maximum absolute atomic E-state index is 13.2. The second kappa shape index (κ2) is 6.78. The minimum atomic E-state index is -0.258. The Kier molecular flexibility index (Phi) is 4.34. The van der Waals surface area contributed by atoms with Crippen LogP contribution in [-0.4, -0.2) is 52.0 Å². The molecular weight excluding hydrogens is 319 g/mol. The molecule has 2 amide bonds. The summed E-state index contributed by atoms with van der Waals surface area (Å²) in [5.41, 5.74) is 3.80. The van der Waals surface area contributed by atoms with Gasteiger partial charge in [0.15, 0.2) is 0 Å². The van der Waals surface area contributed by atoms with Crippen LogP contribution in [0.1, 0.15) is 24.1 Å². The minimum absolute atomic E-state index is 0.140. The van der Waals surface area contributed by atoms with E-state index < -0.39 is 0 Å². The van der Waals surface area contributed by atoms with Crippen LogP contribution in [0.5, 0.6) is 0 Å². The zero-order chi connectivity index (χ0) is 17.2. The molecule has 0 N–H and O–H groups in total. The van der Waals surface area contributed by atoms with E-state index in [0.717, 1.165) is 61.3 Å². The third-order valence-electron chi connectivity index (χ3n) is 5.05. The van der Waals surface area contributed by atoms with Crippen molar-refractivity contribution in [2.45, 2.75) is 25.7 Å². The molecule has 4 rings (SSSR count). The van der Waals surface area contributed by atoms with Crippen molar-refractivity contribution < 1.29 is 9.18 Å². The lowest BCUT2D eigenvalue weighted by Gasteiger charge is -2.26. The number of aromatic nitrogens is 2. The van der Waals surface area contributed by atoms with Crippen LogP contribution in [-0.2, 0) is 12.8 Å². The van der Waals surface area contributed by atoms with Gasteiger partial charge >= 0.3 is 6.03 Å². The van der Waals surface area contributed by atoms with Crippen LogP contribution in [0.25, 0.3) is 11.3 Å².